The van der Waals surface area contributed by atoms with Crippen LogP contribution in [0.4, 0.5) is 0 Å². The van der Waals surface area contributed by atoms with Crippen molar-refractivity contribution < 1.29 is 9.53 Å². The second kappa shape index (κ2) is 10.5. The number of rotatable bonds is 7. The number of aromatic nitrogens is 2. The molecule has 0 radical (unpaired) electrons. The van der Waals surface area contributed by atoms with Crippen LogP contribution in [0.25, 0.3) is 10.9 Å². The molecule has 2 aromatic carbocycles. The van der Waals surface area contributed by atoms with Crippen LogP contribution < -0.4 is 0 Å². The van der Waals surface area contributed by atoms with Gasteiger partial charge in [0.15, 0.2) is 0 Å². The number of hydrogen-bond acceptors (Lipinski definition) is 5. The summed E-state index contributed by atoms with van der Waals surface area (Å²) in [5.41, 5.74) is 4.28. The Hall–Kier alpha value is -3.61. The molecule has 34 heavy (non-hydrogen) atoms. The van der Waals surface area contributed by atoms with Crippen LogP contribution in [0.1, 0.15) is 16.7 Å². The lowest BCUT2D eigenvalue weighted by molar-refractivity contribution is -0.132. The van der Waals surface area contributed by atoms with Gasteiger partial charge in [-0.3, -0.25) is 19.7 Å². The smallest absolute Gasteiger partial charge is 0.237 e. The first-order valence-electron chi connectivity index (χ1n) is 11.6. The molecule has 172 valence electrons. The van der Waals surface area contributed by atoms with E-state index in [2.05, 4.69) is 39.1 Å². The van der Waals surface area contributed by atoms with Crippen LogP contribution in [-0.4, -0.2) is 51.4 Å². The number of fused-ring (bicyclic) bond motifs is 1. The fourth-order valence-corrected chi connectivity index (χ4v) is 4.47. The third-order valence-corrected chi connectivity index (χ3v) is 6.15. The summed E-state index contributed by atoms with van der Waals surface area (Å²) in [6.45, 7) is 3.31. The van der Waals surface area contributed by atoms with Gasteiger partial charge >= 0.3 is 0 Å². The third-order valence-electron chi connectivity index (χ3n) is 6.15. The molecule has 1 fully saturated rings. The maximum absolute atomic E-state index is 13.3. The SMILES string of the molecule is O=C1CN(Cc2cccc3ncccc23)CC(OCc2cccnc2)CN1Cc1ccccc1. The number of amides is 1. The number of carbonyl (C=O) groups is 1. The van der Waals surface area contributed by atoms with E-state index >= 15 is 0 Å². The van der Waals surface area contributed by atoms with Gasteiger partial charge in [0, 0.05) is 50.2 Å². The fourth-order valence-electron chi connectivity index (χ4n) is 4.47. The molecule has 0 aliphatic carbocycles. The monoisotopic (exact) mass is 452 g/mol. The van der Waals surface area contributed by atoms with Crippen molar-refractivity contribution in [3.63, 3.8) is 0 Å². The standard InChI is InChI=1S/C28H28N4O2/c33-28-20-31(17-24-10-4-12-27-26(24)11-6-14-30-27)18-25(34-21-23-9-5-13-29-15-23)19-32(28)16-22-7-2-1-3-8-22/h1-15,25H,16-21H2. The van der Waals surface area contributed by atoms with Crippen molar-refractivity contribution in [3.8, 4) is 0 Å². The number of pyridine rings is 2. The molecule has 1 atom stereocenters. The summed E-state index contributed by atoms with van der Waals surface area (Å²) >= 11 is 0. The molecular formula is C28H28N4O2. The average molecular weight is 453 g/mol. The summed E-state index contributed by atoms with van der Waals surface area (Å²) in [7, 11) is 0. The van der Waals surface area contributed by atoms with Gasteiger partial charge in [-0.25, -0.2) is 0 Å². The van der Waals surface area contributed by atoms with Crippen molar-refractivity contribution in [1.29, 1.82) is 0 Å². The zero-order chi connectivity index (χ0) is 23.2. The number of benzene rings is 2. The number of hydrogen-bond donors (Lipinski definition) is 0. The molecule has 1 aliphatic rings. The minimum atomic E-state index is -0.108. The van der Waals surface area contributed by atoms with Gasteiger partial charge in [0.25, 0.3) is 0 Å². The van der Waals surface area contributed by atoms with Gasteiger partial charge in [-0.2, -0.15) is 0 Å². The molecule has 0 spiro atoms. The highest BCUT2D eigenvalue weighted by Crippen LogP contribution is 2.21. The molecule has 1 amide bonds. The molecule has 5 rings (SSSR count). The molecule has 1 unspecified atom stereocenters. The van der Waals surface area contributed by atoms with Crippen molar-refractivity contribution in [1.82, 2.24) is 19.8 Å². The first-order valence-corrected chi connectivity index (χ1v) is 11.6. The lowest BCUT2D eigenvalue weighted by Crippen LogP contribution is -2.37. The van der Waals surface area contributed by atoms with Crippen molar-refractivity contribution in [2.24, 2.45) is 0 Å². The molecule has 0 N–H and O–H groups in total. The predicted octanol–water partition coefficient (Wildman–Crippen LogP) is 4.06. The molecule has 4 aromatic rings. The Bertz CT molecular complexity index is 1230. The van der Waals surface area contributed by atoms with E-state index < -0.39 is 0 Å². The summed E-state index contributed by atoms with van der Waals surface area (Å²) in [6, 6.07) is 24.3. The highest BCUT2D eigenvalue weighted by atomic mass is 16.5. The zero-order valence-electron chi connectivity index (χ0n) is 19.1. The molecule has 3 heterocycles. The molecule has 0 bridgehead atoms. The first kappa shape index (κ1) is 22.2. The van der Waals surface area contributed by atoms with Crippen LogP contribution in [0.15, 0.2) is 91.4 Å². The van der Waals surface area contributed by atoms with Crippen LogP contribution in [0, 0.1) is 0 Å². The van der Waals surface area contributed by atoms with E-state index in [4.69, 9.17) is 4.74 Å². The van der Waals surface area contributed by atoms with Crippen LogP contribution in [0.3, 0.4) is 0 Å². The molecule has 6 nitrogen and oxygen atoms in total. The Morgan fingerprint density at radius 1 is 0.853 bits per heavy atom. The Balaban J connectivity index is 1.36. The van der Waals surface area contributed by atoms with Gasteiger partial charge in [0.2, 0.25) is 5.91 Å². The minimum absolute atomic E-state index is 0.108. The zero-order valence-corrected chi connectivity index (χ0v) is 19.1. The van der Waals surface area contributed by atoms with Crippen LogP contribution in [-0.2, 0) is 29.2 Å². The Kier molecular flexibility index (Phi) is 6.89. The topological polar surface area (TPSA) is 58.6 Å². The van der Waals surface area contributed by atoms with E-state index in [1.165, 1.54) is 5.56 Å². The van der Waals surface area contributed by atoms with E-state index in [1.54, 1.807) is 6.20 Å². The van der Waals surface area contributed by atoms with E-state index in [1.807, 2.05) is 65.8 Å². The van der Waals surface area contributed by atoms with Crippen LogP contribution in [0.5, 0.6) is 0 Å². The van der Waals surface area contributed by atoms with Gasteiger partial charge in [-0.05, 0) is 34.9 Å². The number of nitrogens with zero attached hydrogens (tertiary/aromatic N) is 4. The predicted molar refractivity (Wildman–Crippen MR) is 132 cm³/mol. The molecular weight excluding hydrogens is 424 g/mol. The number of carbonyl (C=O) groups excluding carboxylic acids is 1. The molecule has 1 aliphatic heterocycles. The summed E-state index contributed by atoms with van der Waals surface area (Å²) in [5, 5.41) is 1.12. The van der Waals surface area contributed by atoms with Crippen molar-refractivity contribution in [3.05, 3.63) is 108 Å². The maximum atomic E-state index is 13.3. The highest BCUT2D eigenvalue weighted by Gasteiger charge is 2.29. The Morgan fingerprint density at radius 2 is 1.71 bits per heavy atom. The summed E-state index contributed by atoms with van der Waals surface area (Å²) in [4.78, 5) is 26.1. The van der Waals surface area contributed by atoms with Gasteiger partial charge in [-0.1, -0.05) is 54.6 Å². The van der Waals surface area contributed by atoms with E-state index in [-0.39, 0.29) is 12.0 Å². The molecule has 2 aromatic heterocycles. The molecule has 1 saturated heterocycles. The lowest BCUT2D eigenvalue weighted by atomic mass is 10.1. The van der Waals surface area contributed by atoms with Gasteiger partial charge in [0.1, 0.15) is 0 Å². The molecule has 6 heteroatoms. The van der Waals surface area contributed by atoms with Gasteiger partial charge in [0.05, 0.1) is 24.8 Å². The Morgan fingerprint density at radius 3 is 2.56 bits per heavy atom. The number of ether oxygens (including phenoxy) is 1. The average Bonchev–Trinajstić information content (AvgIpc) is 3.02. The lowest BCUT2D eigenvalue weighted by Gasteiger charge is -2.25. The van der Waals surface area contributed by atoms with Gasteiger partial charge in [-0.15, -0.1) is 0 Å². The largest absolute Gasteiger partial charge is 0.370 e. The van der Waals surface area contributed by atoms with E-state index in [9.17, 15) is 4.79 Å². The van der Waals surface area contributed by atoms with E-state index in [0.29, 0.717) is 39.3 Å². The van der Waals surface area contributed by atoms with Crippen molar-refractivity contribution in [2.45, 2.75) is 25.8 Å². The van der Waals surface area contributed by atoms with Gasteiger partial charge < -0.3 is 9.64 Å². The molecule has 0 saturated carbocycles. The van der Waals surface area contributed by atoms with Crippen LogP contribution >= 0.6 is 0 Å². The summed E-state index contributed by atoms with van der Waals surface area (Å²) in [5.74, 6) is 0.120. The summed E-state index contributed by atoms with van der Waals surface area (Å²) in [6.07, 6.45) is 5.29. The van der Waals surface area contributed by atoms with Crippen LogP contribution in [0.2, 0.25) is 0 Å². The first-order chi connectivity index (χ1) is 16.7. The second-order valence-corrected chi connectivity index (χ2v) is 8.71. The quantitative estimate of drug-likeness (QED) is 0.423. The van der Waals surface area contributed by atoms with E-state index in [0.717, 1.165) is 22.0 Å². The third kappa shape index (κ3) is 5.47. The minimum Gasteiger partial charge on any atom is -0.370 e. The highest BCUT2D eigenvalue weighted by molar-refractivity contribution is 5.82. The fraction of sp³-hybridized carbons (Fsp3) is 0.250. The van der Waals surface area contributed by atoms with Crippen molar-refractivity contribution >= 4 is 16.8 Å². The normalized spacial score (nSPS) is 17.1. The summed E-state index contributed by atoms with van der Waals surface area (Å²) < 4.78 is 6.33. The Labute approximate surface area is 199 Å². The second-order valence-electron chi connectivity index (χ2n) is 8.71. The van der Waals surface area contributed by atoms with Crippen molar-refractivity contribution in [2.75, 3.05) is 19.6 Å². The maximum Gasteiger partial charge on any atom is 0.237 e.